The van der Waals surface area contributed by atoms with E-state index < -0.39 is 12.4 Å². The van der Waals surface area contributed by atoms with Gasteiger partial charge in [-0.2, -0.15) is 0 Å². The molecule has 134 valence electrons. The first-order valence-electron chi connectivity index (χ1n) is 9.18. The maximum Gasteiger partial charge on any atom is 0.129 e. The second kappa shape index (κ2) is 7.26. The quantitative estimate of drug-likeness (QED) is 0.780. The molecule has 0 aromatic heterocycles. The monoisotopic (exact) mass is 333 g/mol. The van der Waals surface area contributed by atoms with Crippen LogP contribution in [-0.2, 0) is 5.41 Å². The van der Waals surface area contributed by atoms with Gasteiger partial charge in [0.05, 0.1) is 6.61 Å². The molecule has 0 bridgehead atoms. The maximum atomic E-state index is 14.4. The molecule has 0 saturated heterocycles. The van der Waals surface area contributed by atoms with E-state index in [1.54, 1.807) is 0 Å². The SMILES string of the molecule is CCC(=C(F)CO)c1cc(C(C)C)cc2c1N(CC)CCC2(C)C. The van der Waals surface area contributed by atoms with Gasteiger partial charge in [-0.25, -0.2) is 4.39 Å². The zero-order chi connectivity index (χ0) is 18.1. The first-order valence-corrected chi connectivity index (χ1v) is 9.18. The Hall–Kier alpha value is -1.35. The van der Waals surface area contributed by atoms with Gasteiger partial charge in [0.2, 0.25) is 0 Å². The van der Waals surface area contributed by atoms with Crippen molar-refractivity contribution in [3.05, 3.63) is 34.6 Å². The van der Waals surface area contributed by atoms with E-state index in [2.05, 4.69) is 51.7 Å². The fraction of sp³-hybridized carbons (Fsp3) is 0.619. The second-order valence-electron chi connectivity index (χ2n) is 7.73. The smallest absolute Gasteiger partial charge is 0.129 e. The minimum atomic E-state index is -0.528. The predicted molar refractivity (Wildman–Crippen MR) is 101 cm³/mol. The Labute approximate surface area is 146 Å². The third-order valence-electron chi connectivity index (χ3n) is 5.38. The standard InChI is InChI=1S/C21H32FNO/c1-7-16(19(22)13-24)17-11-15(14(3)4)12-18-20(17)23(8-2)10-9-21(18,5)6/h11-12,14,24H,7-10,13H2,1-6H3. The van der Waals surface area contributed by atoms with Crippen LogP contribution < -0.4 is 4.90 Å². The van der Waals surface area contributed by atoms with Gasteiger partial charge in [-0.05, 0) is 53.9 Å². The molecule has 24 heavy (non-hydrogen) atoms. The molecule has 2 rings (SSSR count). The molecule has 0 unspecified atom stereocenters. The van der Waals surface area contributed by atoms with E-state index in [0.29, 0.717) is 17.9 Å². The molecule has 0 atom stereocenters. The molecule has 1 aromatic rings. The van der Waals surface area contributed by atoms with Crippen LogP contribution in [0.5, 0.6) is 0 Å². The zero-order valence-electron chi connectivity index (χ0n) is 16.0. The van der Waals surface area contributed by atoms with Crippen LogP contribution in [0.15, 0.2) is 18.0 Å². The van der Waals surface area contributed by atoms with E-state index in [1.807, 2.05) is 6.92 Å². The minimum Gasteiger partial charge on any atom is -0.389 e. The van der Waals surface area contributed by atoms with E-state index in [0.717, 1.165) is 25.1 Å². The normalized spacial score (nSPS) is 17.8. The van der Waals surface area contributed by atoms with Crippen LogP contribution in [0.4, 0.5) is 10.1 Å². The molecule has 3 heteroatoms. The number of aliphatic hydroxyl groups excluding tert-OH is 1. The van der Waals surface area contributed by atoms with Crippen molar-refractivity contribution in [3.8, 4) is 0 Å². The predicted octanol–water partition coefficient (Wildman–Crippen LogP) is 5.40. The first kappa shape index (κ1) is 19.0. The van der Waals surface area contributed by atoms with E-state index in [1.165, 1.54) is 16.8 Å². The highest BCUT2D eigenvalue weighted by Gasteiger charge is 2.34. The van der Waals surface area contributed by atoms with Crippen molar-refractivity contribution in [2.45, 2.75) is 65.7 Å². The summed E-state index contributed by atoms with van der Waals surface area (Å²) in [5, 5.41) is 9.36. The Morgan fingerprint density at radius 3 is 2.46 bits per heavy atom. The zero-order valence-corrected chi connectivity index (χ0v) is 16.0. The van der Waals surface area contributed by atoms with Crippen LogP contribution >= 0.6 is 0 Å². The summed E-state index contributed by atoms with van der Waals surface area (Å²) in [6, 6.07) is 4.46. The molecule has 0 spiro atoms. The Morgan fingerprint density at radius 1 is 1.29 bits per heavy atom. The number of halogens is 1. The molecule has 1 aromatic carbocycles. The summed E-state index contributed by atoms with van der Waals surface area (Å²) >= 11 is 0. The van der Waals surface area contributed by atoms with Gasteiger partial charge in [0.25, 0.3) is 0 Å². The fourth-order valence-corrected chi connectivity index (χ4v) is 3.68. The topological polar surface area (TPSA) is 23.5 Å². The average Bonchev–Trinajstić information content (AvgIpc) is 2.55. The minimum absolute atomic E-state index is 0.0786. The van der Waals surface area contributed by atoms with Gasteiger partial charge in [0.15, 0.2) is 0 Å². The number of nitrogens with zero attached hydrogens (tertiary/aromatic N) is 1. The molecule has 1 aliphatic heterocycles. The molecule has 1 heterocycles. The van der Waals surface area contributed by atoms with Crippen LogP contribution in [0.3, 0.4) is 0 Å². The second-order valence-corrected chi connectivity index (χ2v) is 7.73. The number of fused-ring (bicyclic) bond motifs is 1. The lowest BCUT2D eigenvalue weighted by Gasteiger charge is -2.42. The number of allylic oxidation sites excluding steroid dienone is 1. The average molecular weight is 333 g/mol. The van der Waals surface area contributed by atoms with E-state index in [4.69, 9.17) is 0 Å². The highest BCUT2D eigenvalue weighted by atomic mass is 19.1. The van der Waals surface area contributed by atoms with Gasteiger partial charge in [-0.1, -0.05) is 40.7 Å². The third-order valence-corrected chi connectivity index (χ3v) is 5.38. The van der Waals surface area contributed by atoms with Crippen molar-refractivity contribution in [1.29, 1.82) is 0 Å². The van der Waals surface area contributed by atoms with Gasteiger partial charge in [-0.3, -0.25) is 0 Å². The number of aliphatic hydroxyl groups is 1. The van der Waals surface area contributed by atoms with Crippen LogP contribution in [-0.4, -0.2) is 24.8 Å². The highest BCUT2D eigenvalue weighted by Crippen LogP contribution is 2.46. The molecular formula is C21H32FNO. The number of hydrogen-bond donors (Lipinski definition) is 1. The molecule has 0 radical (unpaired) electrons. The summed E-state index contributed by atoms with van der Waals surface area (Å²) in [5.74, 6) is -0.0165. The number of rotatable bonds is 5. The largest absolute Gasteiger partial charge is 0.389 e. The first-order chi connectivity index (χ1) is 11.3. The Kier molecular flexibility index (Phi) is 5.74. The number of hydrogen-bond acceptors (Lipinski definition) is 2. The van der Waals surface area contributed by atoms with Gasteiger partial charge >= 0.3 is 0 Å². The summed E-state index contributed by atoms with van der Waals surface area (Å²) in [6.45, 7) is 14.4. The van der Waals surface area contributed by atoms with E-state index in [9.17, 15) is 9.50 Å². The van der Waals surface area contributed by atoms with Crippen molar-refractivity contribution in [3.63, 3.8) is 0 Å². The highest BCUT2D eigenvalue weighted by molar-refractivity contribution is 5.82. The van der Waals surface area contributed by atoms with Crippen molar-refractivity contribution in [2.75, 3.05) is 24.6 Å². The van der Waals surface area contributed by atoms with Gasteiger partial charge < -0.3 is 10.0 Å². The Bertz CT molecular complexity index is 631. The Balaban J connectivity index is 2.85. The number of benzene rings is 1. The van der Waals surface area contributed by atoms with Gasteiger partial charge in [0.1, 0.15) is 5.83 Å². The van der Waals surface area contributed by atoms with Crippen LogP contribution in [0, 0.1) is 0 Å². The molecule has 0 amide bonds. The summed E-state index contributed by atoms with van der Waals surface area (Å²) < 4.78 is 14.4. The summed E-state index contributed by atoms with van der Waals surface area (Å²) in [7, 11) is 0. The fourth-order valence-electron chi connectivity index (χ4n) is 3.68. The van der Waals surface area contributed by atoms with Crippen molar-refractivity contribution >= 4 is 11.3 Å². The van der Waals surface area contributed by atoms with Crippen molar-refractivity contribution in [2.24, 2.45) is 0 Å². The summed E-state index contributed by atoms with van der Waals surface area (Å²) in [4.78, 5) is 2.36. The van der Waals surface area contributed by atoms with Gasteiger partial charge in [0, 0.05) is 24.3 Å². The van der Waals surface area contributed by atoms with Crippen LogP contribution in [0.2, 0.25) is 0 Å². The van der Waals surface area contributed by atoms with E-state index >= 15 is 0 Å². The van der Waals surface area contributed by atoms with Gasteiger partial charge in [-0.15, -0.1) is 0 Å². The van der Waals surface area contributed by atoms with Crippen LogP contribution in [0.1, 0.15) is 77.0 Å². The molecular weight excluding hydrogens is 301 g/mol. The molecule has 1 N–H and O–H groups in total. The maximum absolute atomic E-state index is 14.4. The lowest BCUT2D eigenvalue weighted by Crippen LogP contribution is -2.38. The lowest BCUT2D eigenvalue weighted by atomic mass is 9.74. The summed E-state index contributed by atoms with van der Waals surface area (Å²) in [5.41, 5.74) is 5.42. The van der Waals surface area contributed by atoms with Crippen LogP contribution in [0.25, 0.3) is 5.57 Å². The number of anilines is 1. The lowest BCUT2D eigenvalue weighted by molar-refractivity contribution is 0.299. The Morgan fingerprint density at radius 2 is 1.96 bits per heavy atom. The summed E-state index contributed by atoms with van der Waals surface area (Å²) in [6.07, 6.45) is 1.68. The molecule has 1 aliphatic rings. The van der Waals surface area contributed by atoms with Crippen molar-refractivity contribution < 1.29 is 9.50 Å². The molecule has 2 nitrogen and oxygen atoms in total. The van der Waals surface area contributed by atoms with Crippen molar-refractivity contribution in [1.82, 2.24) is 0 Å². The third kappa shape index (κ3) is 3.37. The van der Waals surface area contributed by atoms with E-state index in [-0.39, 0.29) is 5.41 Å². The molecule has 0 fully saturated rings. The molecule has 0 aliphatic carbocycles. The molecule has 0 saturated carbocycles.